The number of aliphatic hydroxyl groups excluding tert-OH is 1. The van der Waals surface area contributed by atoms with Gasteiger partial charge in [0.25, 0.3) is 0 Å². The van der Waals surface area contributed by atoms with Gasteiger partial charge in [0.2, 0.25) is 0 Å². The molecule has 23 heavy (non-hydrogen) atoms. The maximum Gasteiger partial charge on any atom is 0.0777 e. The van der Waals surface area contributed by atoms with Crippen LogP contribution in [0.15, 0.2) is 42.5 Å². The maximum absolute atomic E-state index is 10.6. The van der Waals surface area contributed by atoms with Crippen molar-refractivity contribution in [3.05, 3.63) is 59.4 Å². The zero-order chi connectivity index (χ0) is 16.6. The number of hydrogen-bond donors (Lipinski definition) is 1. The molecule has 1 aliphatic carbocycles. The normalized spacial score (nSPS) is 28.3. The lowest BCUT2D eigenvalue weighted by molar-refractivity contribution is 0.126. The first kappa shape index (κ1) is 16.0. The van der Waals surface area contributed by atoms with Crippen molar-refractivity contribution in [3.8, 4) is 0 Å². The van der Waals surface area contributed by atoms with Gasteiger partial charge >= 0.3 is 0 Å². The molecule has 1 aromatic heterocycles. The molecule has 0 aliphatic heterocycles. The molecular weight excluding hydrogens is 284 g/mol. The Morgan fingerprint density at radius 1 is 1.13 bits per heavy atom. The lowest BCUT2D eigenvalue weighted by atomic mass is 9.88. The summed E-state index contributed by atoms with van der Waals surface area (Å²) in [6.07, 6.45) is 2.62. The highest BCUT2D eigenvalue weighted by Gasteiger charge is 2.31. The number of rotatable bonds is 2. The highest BCUT2D eigenvalue weighted by Crippen LogP contribution is 2.40. The summed E-state index contributed by atoms with van der Waals surface area (Å²) in [5.41, 5.74) is 4.57. The van der Waals surface area contributed by atoms with E-state index in [0.29, 0.717) is 5.92 Å². The van der Waals surface area contributed by atoms with E-state index in [1.54, 1.807) is 0 Å². The molecule has 3 nitrogen and oxygen atoms in total. The van der Waals surface area contributed by atoms with Gasteiger partial charge in [-0.15, -0.1) is 0 Å². The van der Waals surface area contributed by atoms with Gasteiger partial charge in [-0.05, 0) is 55.4 Å². The van der Waals surface area contributed by atoms with Crippen LogP contribution in [-0.4, -0.2) is 21.0 Å². The third-order valence-corrected chi connectivity index (χ3v) is 5.19. The SMILES string of the molecule is Cc1cc(C)n(C2C[C@H](C)[C@@H](C)[C@@H](O)C=C2c2ccccc2)n1. The van der Waals surface area contributed by atoms with Crippen LogP contribution >= 0.6 is 0 Å². The van der Waals surface area contributed by atoms with E-state index in [9.17, 15) is 5.11 Å². The Morgan fingerprint density at radius 3 is 2.43 bits per heavy atom. The Labute approximate surface area is 138 Å². The second-order valence-corrected chi connectivity index (χ2v) is 6.94. The van der Waals surface area contributed by atoms with E-state index in [4.69, 9.17) is 5.10 Å². The van der Waals surface area contributed by atoms with Crippen LogP contribution in [0.5, 0.6) is 0 Å². The summed E-state index contributed by atoms with van der Waals surface area (Å²) >= 11 is 0. The molecule has 1 heterocycles. The number of nitrogens with zero attached hydrogens (tertiary/aromatic N) is 2. The monoisotopic (exact) mass is 310 g/mol. The van der Waals surface area contributed by atoms with Gasteiger partial charge in [0.1, 0.15) is 0 Å². The van der Waals surface area contributed by atoms with Crippen LogP contribution in [0.1, 0.15) is 43.3 Å². The second-order valence-electron chi connectivity index (χ2n) is 6.94. The number of aliphatic hydroxyl groups is 1. The van der Waals surface area contributed by atoms with Crippen molar-refractivity contribution in [1.29, 1.82) is 0 Å². The zero-order valence-electron chi connectivity index (χ0n) is 14.4. The molecule has 122 valence electrons. The summed E-state index contributed by atoms with van der Waals surface area (Å²) in [7, 11) is 0. The van der Waals surface area contributed by atoms with E-state index >= 15 is 0 Å². The molecule has 0 amide bonds. The third kappa shape index (κ3) is 3.11. The highest BCUT2D eigenvalue weighted by molar-refractivity contribution is 5.69. The van der Waals surface area contributed by atoms with Crippen LogP contribution < -0.4 is 0 Å². The minimum Gasteiger partial charge on any atom is -0.389 e. The predicted molar refractivity (Wildman–Crippen MR) is 94.1 cm³/mol. The van der Waals surface area contributed by atoms with Crippen LogP contribution in [-0.2, 0) is 0 Å². The van der Waals surface area contributed by atoms with Gasteiger partial charge in [0, 0.05) is 5.69 Å². The molecule has 2 aromatic rings. The van der Waals surface area contributed by atoms with Crippen molar-refractivity contribution in [2.24, 2.45) is 11.8 Å². The van der Waals surface area contributed by atoms with E-state index in [1.165, 1.54) is 16.8 Å². The first-order valence-electron chi connectivity index (χ1n) is 8.45. The quantitative estimate of drug-likeness (QED) is 0.904. The van der Waals surface area contributed by atoms with Gasteiger partial charge in [-0.25, -0.2) is 0 Å². The third-order valence-electron chi connectivity index (χ3n) is 5.19. The first-order valence-corrected chi connectivity index (χ1v) is 8.45. The standard InChI is InChI=1S/C20H26N2O/c1-13-10-19(22-15(3)11-14(2)21-22)18(12-20(23)16(13)4)17-8-6-5-7-9-17/h5-9,11-13,16,19-20,23H,10H2,1-4H3/t13-,16+,19?,20-/m0/s1. The number of allylic oxidation sites excluding steroid dienone is 1. The van der Waals surface area contributed by atoms with Crippen molar-refractivity contribution < 1.29 is 5.11 Å². The topological polar surface area (TPSA) is 38.0 Å². The lowest BCUT2D eigenvalue weighted by Crippen LogP contribution is -2.21. The van der Waals surface area contributed by atoms with Crippen LogP contribution in [0, 0.1) is 25.7 Å². The van der Waals surface area contributed by atoms with Gasteiger partial charge in [-0.1, -0.05) is 44.2 Å². The second kappa shape index (κ2) is 6.32. The first-order chi connectivity index (χ1) is 11.0. The molecular formula is C20H26N2O. The van der Waals surface area contributed by atoms with Crippen LogP contribution in [0.25, 0.3) is 5.57 Å². The van der Waals surface area contributed by atoms with E-state index < -0.39 is 6.10 Å². The number of benzene rings is 1. The van der Waals surface area contributed by atoms with Crippen molar-refractivity contribution in [2.75, 3.05) is 0 Å². The summed E-state index contributed by atoms with van der Waals surface area (Å²) in [5.74, 6) is 0.673. The van der Waals surface area contributed by atoms with E-state index in [-0.39, 0.29) is 12.0 Å². The molecule has 4 atom stereocenters. The van der Waals surface area contributed by atoms with Crippen molar-refractivity contribution in [2.45, 2.75) is 46.3 Å². The molecule has 0 saturated carbocycles. The summed E-state index contributed by atoms with van der Waals surface area (Å²) in [4.78, 5) is 0. The highest BCUT2D eigenvalue weighted by atomic mass is 16.3. The Balaban J connectivity index is 2.12. The largest absolute Gasteiger partial charge is 0.389 e. The molecule has 1 aliphatic rings. The minimum absolute atomic E-state index is 0.167. The number of aromatic nitrogens is 2. The average Bonchev–Trinajstić information content (AvgIpc) is 2.83. The molecule has 0 radical (unpaired) electrons. The van der Waals surface area contributed by atoms with Crippen LogP contribution in [0.4, 0.5) is 0 Å². The fourth-order valence-corrected chi connectivity index (χ4v) is 3.59. The van der Waals surface area contributed by atoms with E-state index in [2.05, 4.69) is 55.8 Å². The zero-order valence-corrected chi connectivity index (χ0v) is 14.4. The molecule has 0 saturated heterocycles. The van der Waals surface area contributed by atoms with Gasteiger partial charge in [-0.3, -0.25) is 4.68 Å². The van der Waals surface area contributed by atoms with Crippen LogP contribution in [0.2, 0.25) is 0 Å². The summed E-state index contributed by atoms with van der Waals surface area (Å²) < 4.78 is 2.13. The molecule has 1 aromatic carbocycles. The van der Waals surface area contributed by atoms with Gasteiger partial charge in [-0.2, -0.15) is 5.10 Å². The fraction of sp³-hybridized carbons (Fsp3) is 0.450. The van der Waals surface area contributed by atoms with E-state index in [0.717, 1.165) is 12.1 Å². The number of hydrogen-bond acceptors (Lipinski definition) is 2. The van der Waals surface area contributed by atoms with Gasteiger partial charge in [0.15, 0.2) is 0 Å². The lowest BCUT2D eigenvalue weighted by Gasteiger charge is -2.25. The van der Waals surface area contributed by atoms with Gasteiger partial charge in [0.05, 0.1) is 17.8 Å². The fourth-order valence-electron chi connectivity index (χ4n) is 3.59. The van der Waals surface area contributed by atoms with Crippen molar-refractivity contribution in [1.82, 2.24) is 9.78 Å². The van der Waals surface area contributed by atoms with Crippen molar-refractivity contribution in [3.63, 3.8) is 0 Å². The Kier molecular flexibility index (Phi) is 4.40. The molecule has 3 heteroatoms. The number of aryl methyl sites for hydroxylation is 2. The smallest absolute Gasteiger partial charge is 0.0777 e. The Hall–Kier alpha value is -1.87. The van der Waals surface area contributed by atoms with E-state index in [1.807, 2.05) is 19.1 Å². The molecule has 0 fully saturated rings. The Bertz CT molecular complexity index is 702. The van der Waals surface area contributed by atoms with Crippen LogP contribution in [0.3, 0.4) is 0 Å². The minimum atomic E-state index is -0.415. The molecule has 1 N–H and O–H groups in total. The summed E-state index contributed by atoms with van der Waals surface area (Å²) in [6.45, 7) is 8.51. The molecule has 1 unspecified atom stereocenters. The summed E-state index contributed by atoms with van der Waals surface area (Å²) in [6, 6.07) is 12.7. The predicted octanol–water partition coefficient (Wildman–Crippen LogP) is 4.16. The average molecular weight is 310 g/mol. The van der Waals surface area contributed by atoms with Gasteiger partial charge < -0.3 is 5.11 Å². The Morgan fingerprint density at radius 2 is 1.83 bits per heavy atom. The molecule has 3 rings (SSSR count). The molecule has 0 spiro atoms. The maximum atomic E-state index is 10.6. The summed E-state index contributed by atoms with van der Waals surface area (Å²) in [5, 5.41) is 15.3. The molecule has 0 bridgehead atoms. The van der Waals surface area contributed by atoms with Crippen molar-refractivity contribution >= 4 is 5.57 Å².